The van der Waals surface area contributed by atoms with E-state index in [1.807, 2.05) is 0 Å². The Hall–Kier alpha value is -2.70. The van der Waals surface area contributed by atoms with Crippen LogP contribution in [0.5, 0.6) is 0 Å². The second-order valence-electron chi connectivity index (χ2n) is 3.75. The number of aromatic nitrogens is 1. The summed E-state index contributed by atoms with van der Waals surface area (Å²) < 4.78 is 17.3. The highest BCUT2D eigenvalue weighted by Gasteiger charge is 2.22. The van der Waals surface area contributed by atoms with Crippen molar-refractivity contribution in [2.24, 2.45) is 5.73 Å². The van der Waals surface area contributed by atoms with Crippen molar-refractivity contribution in [1.82, 2.24) is 10.5 Å². The van der Waals surface area contributed by atoms with Gasteiger partial charge in [0.05, 0.1) is 0 Å². The highest BCUT2D eigenvalue weighted by Crippen LogP contribution is 2.14. The fourth-order valence-corrected chi connectivity index (χ4v) is 1.51. The van der Waals surface area contributed by atoms with E-state index >= 15 is 0 Å². The van der Waals surface area contributed by atoms with Gasteiger partial charge in [-0.1, -0.05) is 17.3 Å². The largest absolute Gasteiger partial charge is 0.368 e. The van der Waals surface area contributed by atoms with Crippen molar-refractivity contribution >= 4 is 11.8 Å². The molecule has 1 atom stereocenters. The van der Waals surface area contributed by atoms with Crippen LogP contribution in [0.2, 0.25) is 0 Å². The Morgan fingerprint density at radius 2 is 1.95 bits per heavy atom. The van der Waals surface area contributed by atoms with Gasteiger partial charge in [-0.2, -0.15) is 0 Å². The number of hydrogen-bond acceptors (Lipinski definition) is 4. The molecule has 0 aliphatic heterocycles. The SMILES string of the molecule is NC(=O)C(NC(=O)c1ccon1)c1ccc(F)cc1. The molecule has 1 heterocycles. The highest BCUT2D eigenvalue weighted by atomic mass is 19.1. The maximum absolute atomic E-state index is 12.8. The molecule has 98 valence electrons. The molecule has 2 amide bonds. The van der Waals surface area contributed by atoms with Crippen LogP contribution in [0.15, 0.2) is 41.1 Å². The Morgan fingerprint density at radius 3 is 2.47 bits per heavy atom. The van der Waals surface area contributed by atoms with Crippen molar-refractivity contribution in [3.63, 3.8) is 0 Å². The fourth-order valence-electron chi connectivity index (χ4n) is 1.51. The number of primary amides is 1. The summed E-state index contributed by atoms with van der Waals surface area (Å²) in [6, 6.07) is 5.37. The normalized spacial score (nSPS) is 11.8. The Kier molecular flexibility index (Phi) is 3.56. The molecule has 1 unspecified atom stereocenters. The van der Waals surface area contributed by atoms with Crippen molar-refractivity contribution in [3.05, 3.63) is 53.7 Å². The van der Waals surface area contributed by atoms with Crippen molar-refractivity contribution in [1.29, 1.82) is 0 Å². The predicted octanol–water partition coefficient (Wildman–Crippen LogP) is 0.770. The third-order valence-corrected chi connectivity index (χ3v) is 2.43. The average molecular weight is 263 g/mol. The molecule has 2 rings (SSSR count). The molecule has 0 saturated carbocycles. The number of halogens is 1. The maximum atomic E-state index is 12.8. The van der Waals surface area contributed by atoms with Crippen LogP contribution in [0.1, 0.15) is 22.1 Å². The Morgan fingerprint density at radius 1 is 1.26 bits per heavy atom. The minimum Gasteiger partial charge on any atom is -0.368 e. The minimum absolute atomic E-state index is 0.0216. The summed E-state index contributed by atoms with van der Waals surface area (Å²) >= 11 is 0. The van der Waals surface area contributed by atoms with Crippen molar-refractivity contribution in [2.45, 2.75) is 6.04 Å². The van der Waals surface area contributed by atoms with Crippen LogP contribution < -0.4 is 11.1 Å². The van der Waals surface area contributed by atoms with E-state index in [0.717, 1.165) is 0 Å². The maximum Gasteiger partial charge on any atom is 0.274 e. The van der Waals surface area contributed by atoms with Gasteiger partial charge >= 0.3 is 0 Å². The number of carbonyl (C=O) groups excluding carboxylic acids is 2. The van der Waals surface area contributed by atoms with Crippen LogP contribution in [-0.4, -0.2) is 17.0 Å². The molecule has 0 saturated heterocycles. The minimum atomic E-state index is -1.06. The number of rotatable bonds is 4. The van der Waals surface area contributed by atoms with E-state index < -0.39 is 23.7 Å². The monoisotopic (exact) mass is 263 g/mol. The molecule has 7 heteroatoms. The van der Waals surface area contributed by atoms with Gasteiger partial charge in [0.15, 0.2) is 5.69 Å². The third kappa shape index (κ3) is 2.95. The average Bonchev–Trinajstić information content (AvgIpc) is 2.90. The number of nitrogens with two attached hydrogens (primary N) is 1. The lowest BCUT2D eigenvalue weighted by Gasteiger charge is -2.14. The van der Waals surface area contributed by atoms with Crippen LogP contribution >= 0.6 is 0 Å². The number of nitrogens with zero attached hydrogens (tertiary/aromatic N) is 1. The molecule has 0 aliphatic rings. The second-order valence-corrected chi connectivity index (χ2v) is 3.75. The molecule has 1 aromatic heterocycles. The summed E-state index contributed by atoms with van der Waals surface area (Å²) in [5.74, 6) is -1.82. The van der Waals surface area contributed by atoms with Crippen LogP contribution in [0, 0.1) is 5.82 Å². The summed E-state index contributed by atoms with van der Waals surface area (Å²) in [4.78, 5) is 23.1. The fraction of sp³-hybridized carbons (Fsp3) is 0.0833. The van der Waals surface area contributed by atoms with E-state index in [9.17, 15) is 14.0 Å². The lowest BCUT2D eigenvalue weighted by atomic mass is 10.1. The molecule has 1 aromatic carbocycles. The van der Waals surface area contributed by atoms with Crippen LogP contribution in [-0.2, 0) is 4.79 Å². The molecule has 6 nitrogen and oxygen atoms in total. The van der Waals surface area contributed by atoms with Crippen molar-refractivity contribution < 1.29 is 18.5 Å². The molecule has 0 fully saturated rings. The van der Waals surface area contributed by atoms with Gasteiger partial charge in [-0.15, -0.1) is 0 Å². The van der Waals surface area contributed by atoms with Crippen LogP contribution in [0.4, 0.5) is 4.39 Å². The number of benzene rings is 1. The number of nitrogens with one attached hydrogen (secondary N) is 1. The standard InChI is InChI=1S/C12H10FN3O3/c13-8-3-1-7(2-4-8)10(11(14)17)15-12(18)9-5-6-19-16-9/h1-6,10H,(H2,14,17)(H,15,18). The van der Waals surface area contributed by atoms with Crippen LogP contribution in [0.3, 0.4) is 0 Å². The Balaban J connectivity index is 2.19. The first-order valence-electron chi connectivity index (χ1n) is 5.34. The Labute approximate surface area is 107 Å². The molecule has 19 heavy (non-hydrogen) atoms. The zero-order valence-electron chi connectivity index (χ0n) is 9.67. The molecule has 0 aliphatic carbocycles. The van der Waals surface area contributed by atoms with Gasteiger partial charge in [0.25, 0.3) is 5.91 Å². The van der Waals surface area contributed by atoms with E-state index in [1.54, 1.807) is 0 Å². The first-order chi connectivity index (χ1) is 9.08. The van der Waals surface area contributed by atoms with Gasteiger partial charge in [0.1, 0.15) is 18.1 Å². The molecule has 0 bridgehead atoms. The van der Waals surface area contributed by atoms with Gasteiger partial charge in [-0.05, 0) is 17.7 Å². The van der Waals surface area contributed by atoms with Gasteiger partial charge in [0.2, 0.25) is 5.91 Å². The van der Waals surface area contributed by atoms with Gasteiger partial charge in [-0.25, -0.2) is 4.39 Å². The molecule has 0 spiro atoms. The first kappa shape index (κ1) is 12.7. The van der Waals surface area contributed by atoms with E-state index in [-0.39, 0.29) is 5.69 Å². The van der Waals surface area contributed by atoms with Crippen molar-refractivity contribution in [2.75, 3.05) is 0 Å². The second kappa shape index (κ2) is 5.30. The lowest BCUT2D eigenvalue weighted by molar-refractivity contribution is -0.120. The summed E-state index contributed by atoms with van der Waals surface area (Å²) in [6.07, 6.45) is 1.23. The van der Waals surface area contributed by atoms with Gasteiger partial charge in [-0.3, -0.25) is 9.59 Å². The van der Waals surface area contributed by atoms with E-state index in [1.165, 1.54) is 36.6 Å². The number of carbonyl (C=O) groups is 2. The molecule has 0 radical (unpaired) electrons. The first-order valence-corrected chi connectivity index (χ1v) is 5.34. The van der Waals surface area contributed by atoms with E-state index in [2.05, 4.69) is 15.0 Å². The smallest absolute Gasteiger partial charge is 0.274 e. The zero-order valence-corrected chi connectivity index (χ0v) is 9.67. The molecule has 3 N–H and O–H groups in total. The quantitative estimate of drug-likeness (QED) is 0.851. The predicted molar refractivity (Wildman–Crippen MR) is 62.3 cm³/mol. The van der Waals surface area contributed by atoms with E-state index in [4.69, 9.17) is 5.73 Å². The van der Waals surface area contributed by atoms with Gasteiger partial charge < -0.3 is 15.6 Å². The van der Waals surface area contributed by atoms with E-state index in [0.29, 0.717) is 5.56 Å². The summed E-state index contributed by atoms with van der Waals surface area (Å²) in [7, 11) is 0. The lowest BCUT2D eigenvalue weighted by Crippen LogP contribution is -2.37. The van der Waals surface area contributed by atoms with Crippen molar-refractivity contribution in [3.8, 4) is 0 Å². The Bertz CT molecular complexity index is 581. The molecular formula is C12H10FN3O3. The molecular weight excluding hydrogens is 253 g/mol. The highest BCUT2D eigenvalue weighted by molar-refractivity contribution is 5.95. The number of hydrogen-bond donors (Lipinski definition) is 2. The van der Waals surface area contributed by atoms with Crippen LogP contribution in [0.25, 0.3) is 0 Å². The number of amides is 2. The topological polar surface area (TPSA) is 98.2 Å². The zero-order chi connectivity index (χ0) is 13.8. The molecule has 2 aromatic rings. The summed E-state index contributed by atoms with van der Waals surface area (Å²) in [6.45, 7) is 0. The summed E-state index contributed by atoms with van der Waals surface area (Å²) in [5.41, 5.74) is 5.62. The van der Waals surface area contributed by atoms with Gasteiger partial charge in [0, 0.05) is 6.07 Å². The summed E-state index contributed by atoms with van der Waals surface area (Å²) in [5, 5.41) is 5.83. The third-order valence-electron chi connectivity index (χ3n) is 2.43.